The number of hydrogen-bond acceptors (Lipinski definition) is 6. The molecule has 7 nitrogen and oxygen atoms in total. The van der Waals surface area contributed by atoms with Crippen LogP contribution in [0.3, 0.4) is 0 Å². The summed E-state index contributed by atoms with van der Waals surface area (Å²) in [4.78, 5) is 6.23. The summed E-state index contributed by atoms with van der Waals surface area (Å²) in [5.74, 6) is 0.787. The predicted molar refractivity (Wildman–Crippen MR) is 70.1 cm³/mol. The highest BCUT2D eigenvalue weighted by molar-refractivity contribution is 5.50. The van der Waals surface area contributed by atoms with Crippen LogP contribution in [0.15, 0.2) is 18.3 Å². The van der Waals surface area contributed by atoms with Crippen LogP contribution in [0.25, 0.3) is 5.65 Å². The van der Waals surface area contributed by atoms with Gasteiger partial charge in [0, 0.05) is 32.8 Å². The lowest BCUT2D eigenvalue weighted by Gasteiger charge is -2.22. The molecule has 2 aromatic rings. The third-order valence-corrected chi connectivity index (χ3v) is 2.77. The first-order valence-corrected chi connectivity index (χ1v) is 5.98. The Bertz CT molecular complexity index is 543. The summed E-state index contributed by atoms with van der Waals surface area (Å²) < 4.78 is 6.77. The molecule has 0 spiro atoms. The number of ether oxygens (including phenoxy) is 1. The zero-order chi connectivity index (χ0) is 13.8. The Balaban J connectivity index is 2.36. The van der Waals surface area contributed by atoms with Crippen molar-refractivity contribution in [3.8, 4) is 0 Å². The van der Waals surface area contributed by atoms with Crippen molar-refractivity contribution in [1.29, 1.82) is 0 Å². The minimum atomic E-state index is -0.797. The maximum Gasteiger partial charge on any atom is 0.157 e. The van der Waals surface area contributed by atoms with Crippen LogP contribution in [-0.4, -0.2) is 58.2 Å². The smallest absolute Gasteiger partial charge is 0.157 e. The first-order chi connectivity index (χ1) is 9.15. The van der Waals surface area contributed by atoms with Crippen LogP contribution in [0.5, 0.6) is 0 Å². The Kier molecular flexibility index (Phi) is 4.31. The molecule has 0 fully saturated rings. The summed E-state index contributed by atoms with van der Waals surface area (Å²) in [6.45, 7) is 0.440. The van der Waals surface area contributed by atoms with Crippen molar-refractivity contribution in [1.82, 2.24) is 14.6 Å². The Morgan fingerprint density at radius 1 is 1.53 bits per heavy atom. The summed E-state index contributed by atoms with van der Waals surface area (Å²) in [6, 6.07) is 3.66. The van der Waals surface area contributed by atoms with E-state index in [2.05, 4.69) is 10.1 Å². The summed E-state index contributed by atoms with van der Waals surface area (Å²) in [5.41, 5.74) is 1.51. The topological polar surface area (TPSA) is 83.1 Å². The molecule has 2 heterocycles. The van der Waals surface area contributed by atoms with Gasteiger partial charge in [-0.3, -0.25) is 0 Å². The average molecular weight is 266 g/mol. The Labute approximate surface area is 111 Å². The van der Waals surface area contributed by atoms with Crippen LogP contribution in [0.1, 0.15) is 5.69 Å². The number of aliphatic hydroxyl groups is 2. The van der Waals surface area contributed by atoms with Gasteiger partial charge in [0.15, 0.2) is 5.65 Å². The molecule has 0 aliphatic heterocycles. The second-order valence-electron chi connectivity index (χ2n) is 4.36. The van der Waals surface area contributed by atoms with Gasteiger partial charge in [-0.15, -0.1) is 0 Å². The zero-order valence-electron chi connectivity index (χ0n) is 11.0. The van der Waals surface area contributed by atoms with Gasteiger partial charge in [-0.05, 0) is 0 Å². The molecule has 19 heavy (non-hydrogen) atoms. The highest BCUT2D eigenvalue weighted by atomic mass is 16.5. The second kappa shape index (κ2) is 5.96. The molecule has 2 N–H and O–H groups in total. The molecule has 0 saturated heterocycles. The number of fused-ring (bicyclic) bond motifs is 1. The van der Waals surface area contributed by atoms with Gasteiger partial charge in [0.2, 0.25) is 0 Å². The van der Waals surface area contributed by atoms with Gasteiger partial charge in [0.05, 0.1) is 31.2 Å². The van der Waals surface area contributed by atoms with Gasteiger partial charge >= 0.3 is 0 Å². The van der Waals surface area contributed by atoms with Gasteiger partial charge < -0.3 is 19.8 Å². The molecule has 0 aliphatic carbocycles. The third-order valence-electron chi connectivity index (χ3n) is 2.77. The minimum absolute atomic E-state index is 0.275. The van der Waals surface area contributed by atoms with E-state index >= 15 is 0 Å². The lowest BCUT2D eigenvalue weighted by atomic mass is 10.3. The summed E-state index contributed by atoms with van der Waals surface area (Å²) in [7, 11) is 3.44. The maximum atomic E-state index is 9.52. The molecule has 0 bridgehead atoms. The Hall–Kier alpha value is -1.70. The molecule has 1 atom stereocenters. The van der Waals surface area contributed by atoms with E-state index in [4.69, 9.17) is 9.84 Å². The Morgan fingerprint density at radius 3 is 3.00 bits per heavy atom. The molecule has 0 aromatic carbocycles. The van der Waals surface area contributed by atoms with Crippen molar-refractivity contribution >= 4 is 11.5 Å². The van der Waals surface area contributed by atoms with Crippen molar-refractivity contribution in [3.05, 3.63) is 24.0 Å². The van der Waals surface area contributed by atoms with Crippen molar-refractivity contribution in [3.63, 3.8) is 0 Å². The lowest BCUT2D eigenvalue weighted by molar-refractivity contribution is 0.101. The van der Waals surface area contributed by atoms with Crippen molar-refractivity contribution in [2.45, 2.75) is 12.7 Å². The summed E-state index contributed by atoms with van der Waals surface area (Å²) >= 11 is 0. The van der Waals surface area contributed by atoms with Gasteiger partial charge in [-0.25, -0.2) is 4.98 Å². The van der Waals surface area contributed by atoms with E-state index in [0.29, 0.717) is 13.2 Å². The number of nitrogens with zero attached hydrogens (tertiary/aromatic N) is 4. The third kappa shape index (κ3) is 3.01. The molecule has 0 unspecified atom stereocenters. The number of rotatable bonds is 6. The summed E-state index contributed by atoms with van der Waals surface area (Å²) in [5, 5.41) is 22.6. The fourth-order valence-corrected chi connectivity index (χ4v) is 1.91. The fourth-order valence-electron chi connectivity index (χ4n) is 1.91. The SMILES string of the molecule is COCc1cc(N(C)C[C@@H](O)CO)n2nccc2n1. The van der Waals surface area contributed by atoms with E-state index in [1.54, 1.807) is 23.9 Å². The maximum absolute atomic E-state index is 9.52. The largest absolute Gasteiger partial charge is 0.394 e. The highest BCUT2D eigenvalue weighted by Gasteiger charge is 2.13. The van der Waals surface area contributed by atoms with Crippen molar-refractivity contribution in [2.24, 2.45) is 0 Å². The van der Waals surface area contributed by atoms with Crippen LogP contribution in [0.4, 0.5) is 5.82 Å². The highest BCUT2D eigenvalue weighted by Crippen LogP contribution is 2.16. The molecule has 0 aliphatic rings. The normalized spacial score (nSPS) is 12.8. The molecule has 0 amide bonds. The van der Waals surface area contributed by atoms with Gasteiger partial charge in [-0.1, -0.05) is 0 Å². The van der Waals surface area contributed by atoms with E-state index < -0.39 is 6.10 Å². The molecular formula is C12H18N4O3. The summed E-state index contributed by atoms with van der Waals surface area (Å²) in [6.07, 6.45) is 0.869. The quantitative estimate of drug-likeness (QED) is 0.744. The lowest BCUT2D eigenvalue weighted by Crippen LogP contribution is -2.32. The zero-order valence-corrected chi connectivity index (χ0v) is 11.0. The molecule has 7 heteroatoms. The van der Waals surface area contributed by atoms with Crippen LogP contribution in [0, 0.1) is 0 Å². The molecule has 2 rings (SSSR count). The standard InChI is InChI=1S/C12H18N4O3/c1-15(6-10(18)7-17)12-5-9(8-19-2)14-11-3-4-13-16(11)12/h3-5,10,17-18H,6-8H2,1-2H3/t10-/m1/s1. The number of aromatic nitrogens is 3. The van der Waals surface area contributed by atoms with Crippen LogP contribution in [-0.2, 0) is 11.3 Å². The van der Waals surface area contributed by atoms with Crippen molar-refractivity contribution in [2.75, 3.05) is 32.2 Å². The number of aliphatic hydroxyl groups excluding tert-OH is 2. The van der Waals surface area contributed by atoms with Crippen molar-refractivity contribution < 1.29 is 14.9 Å². The number of anilines is 1. The van der Waals surface area contributed by atoms with Gasteiger partial charge in [-0.2, -0.15) is 9.61 Å². The fraction of sp³-hybridized carbons (Fsp3) is 0.500. The van der Waals surface area contributed by atoms with E-state index in [0.717, 1.165) is 17.2 Å². The van der Waals surface area contributed by atoms with E-state index in [1.165, 1.54) is 0 Å². The van der Waals surface area contributed by atoms with E-state index in [-0.39, 0.29) is 6.61 Å². The molecular weight excluding hydrogens is 248 g/mol. The molecule has 0 saturated carbocycles. The predicted octanol–water partition coefficient (Wildman–Crippen LogP) is -0.335. The monoisotopic (exact) mass is 266 g/mol. The first kappa shape index (κ1) is 13.7. The number of hydrogen-bond donors (Lipinski definition) is 2. The molecule has 2 aromatic heterocycles. The van der Waals surface area contributed by atoms with Crippen LogP contribution < -0.4 is 4.90 Å². The first-order valence-electron chi connectivity index (χ1n) is 5.98. The van der Waals surface area contributed by atoms with Gasteiger partial charge in [0.25, 0.3) is 0 Å². The van der Waals surface area contributed by atoms with Crippen LogP contribution >= 0.6 is 0 Å². The second-order valence-corrected chi connectivity index (χ2v) is 4.36. The molecule has 0 radical (unpaired) electrons. The average Bonchev–Trinajstić information content (AvgIpc) is 2.86. The van der Waals surface area contributed by atoms with E-state index in [1.807, 2.05) is 18.0 Å². The van der Waals surface area contributed by atoms with E-state index in [9.17, 15) is 5.11 Å². The number of methoxy groups -OCH3 is 1. The minimum Gasteiger partial charge on any atom is -0.394 e. The van der Waals surface area contributed by atoms with Crippen LogP contribution in [0.2, 0.25) is 0 Å². The molecule has 104 valence electrons. The number of likely N-dealkylation sites (N-methyl/N-ethyl adjacent to an activating group) is 1. The van der Waals surface area contributed by atoms with Gasteiger partial charge in [0.1, 0.15) is 5.82 Å². The Morgan fingerprint density at radius 2 is 2.32 bits per heavy atom.